The van der Waals surface area contributed by atoms with Gasteiger partial charge in [-0.25, -0.2) is 14.8 Å². The van der Waals surface area contributed by atoms with Crippen molar-refractivity contribution in [3.63, 3.8) is 0 Å². The van der Waals surface area contributed by atoms with Gasteiger partial charge in [-0.1, -0.05) is 20.3 Å². The molecule has 4 fully saturated rings. The van der Waals surface area contributed by atoms with Crippen molar-refractivity contribution in [2.24, 2.45) is 29.1 Å². The van der Waals surface area contributed by atoms with E-state index < -0.39 is 59.6 Å². The van der Waals surface area contributed by atoms with E-state index in [2.05, 4.69) is 15.3 Å². The molecule has 0 spiro atoms. The van der Waals surface area contributed by atoms with E-state index in [0.717, 1.165) is 12.8 Å². The van der Waals surface area contributed by atoms with E-state index in [9.17, 15) is 14.4 Å². The third-order valence-corrected chi connectivity index (χ3v) is 11.9. The highest BCUT2D eigenvalue weighted by Crippen LogP contribution is 2.58. The SMILES string of the molecule is CC[C@@H]1[C@@H]2CN(C(=O)[C@H](C3(C)CCOCC3)NC(=O)O[C@@H]3CC4CC4[C@H]3CCCCC(F)(F)c3nc4ccc(OC)cc4nc3O2)[C@@H]1C=O. The third kappa shape index (κ3) is 6.43. The van der Waals surface area contributed by atoms with Crippen molar-refractivity contribution < 1.29 is 42.1 Å². The maximum atomic E-state index is 16.2. The first-order valence-corrected chi connectivity index (χ1v) is 17.8. The van der Waals surface area contributed by atoms with Gasteiger partial charge in [0.1, 0.15) is 30.3 Å². The quantitative estimate of drug-likeness (QED) is 0.420. The van der Waals surface area contributed by atoms with Crippen LogP contribution in [0, 0.1) is 29.1 Å². The van der Waals surface area contributed by atoms with E-state index in [1.165, 1.54) is 12.0 Å². The zero-order valence-corrected chi connectivity index (χ0v) is 28.4. The van der Waals surface area contributed by atoms with Crippen LogP contribution >= 0.6 is 0 Å². The lowest BCUT2D eigenvalue weighted by atomic mass is 9.75. The molecule has 2 unspecified atom stereocenters. The predicted molar refractivity (Wildman–Crippen MR) is 173 cm³/mol. The van der Waals surface area contributed by atoms with E-state index in [0.29, 0.717) is 74.7 Å². The summed E-state index contributed by atoms with van der Waals surface area (Å²) in [6, 6.07) is 2.94. The average molecular weight is 685 g/mol. The second kappa shape index (κ2) is 13.3. The Hall–Kier alpha value is -3.61. The van der Waals surface area contributed by atoms with Crippen molar-refractivity contribution in [3.05, 3.63) is 23.9 Å². The number of alkyl carbamates (subject to hydrolysis) is 1. The molecule has 2 aromatic rings. The molecule has 0 radical (unpaired) electrons. The van der Waals surface area contributed by atoms with Crippen LogP contribution in [0.25, 0.3) is 11.0 Å². The van der Waals surface area contributed by atoms with Crippen molar-refractivity contribution in [3.8, 4) is 11.6 Å². The van der Waals surface area contributed by atoms with Crippen molar-refractivity contribution in [1.82, 2.24) is 20.2 Å². The number of carbonyl (C=O) groups is 3. The van der Waals surface area contributed by atoms with Gasteiger partial charge in [0.05, 0.1) is 30.7 Å². The molecule has 5 aliphatic rings. The summed E-state index contributed by atoms with van der Waals surface area (Å²) in [6.45, 7) is 4.60. The summed E-state index contributed by atoms with van der Waals surface area (Å²) in [5.74, 6) is -3.19. The molecule has 266 valence electrons. The molecule has 1 aromatic heterocycles. The Labute approximate surface area is 284 Å². The molecule has 1 N–H and O–H groups in total. The minimum atomic E-state index is -3.36. The molecular weight excluding hydrogens is 638 g/mol. The summed E-state index contributed by atoms with van der Waals surface area (Å²) in [4.78, 5) is 51.3. The topological polar surface area (TPSA) is 129 Å². The number of hydrogen-bond donors (Lipinski definition) is 1. The van der Waals surface area contributed by atoms with Crippen molar-refractivity contribution in [2.45, 2.75) is 102 Å². The lowest BCUT2D eigenvalue weighted by Crippen LogP contribution is -2.59. The van der Waals surface area contributed by atoms with Crippen LogP contribution in [0.5, 0.6) is 11.6 Å². The van der Waals surface area contributed by atoms with Gasteiger partial charge in [-0.05, 0) is 74.8 Å². The van der Waals surface area contributed by atoms with Gasteiger partial charge >= 0.3 is 6.09 Å². The normalized spacial score (nSPS) is 34.3. The van der Waals surface area contributed by atoms with Crippen LogP contribution < -0.4 is 14.8 Å². The number of aromatic nitrogens is 2. The van der Waals surface area contributed by atoms with Crippen molar-refractivity contribution >= 4 is 29.3 Å². The van der Waals surface area contributed by atoms with Crippen molar-refractivity contribution in [1.29, 1.82) is 0 Å². The average Bonchev–Trinajstić information content (AvgIpc) is 3.64. The molecule has 2 saturated heterocycles. The Balaban J connectivity index is 1.29. The Morgan fingerprint density at radius 3 is 2.57 bits per heavy atom. The Morgan fingerprint density at radius 1 is 1.04 bits per heavy atom. The monoisotopic (exact) mass is 684 g/mol. The number of nitrogens with one attached hydrogen (secondary N) is 1. The van der Waals surface area contributed by atoms with Crippen LogP contribution in [-0.2, 0) is 25.0 Å². The zero-order valence-electron chi connectivity index (χ0n) is 28.4. The summed E-state index contributed by atoms with van der Waals surface area (Å²) >= 11 is 0. The first-order valence-electron chi connectivity index (χ1n) is 17.8. The van der Waals surface area contributed by atoms with Crippen LogP contribution in [0.1, 0.15) is 77.3 Å². The number of nitrogens with zero attached hydrogens (tertiary/aromatic N) is 3. The number of benzene rings is 1. The standard InChI is InChI=1S/C36H46F2N4O7/c1-4-22-27(19-43)42-18-29(22)48-32-30(39-25-9-8-21(46-3)17-26(25)40-32)36(37,38)10-6-5-7-23-24-15-20(24)16-28(23)49-34(45)41-31(33(42)44)35(2)11-13-47-14-12-35/h8-9,17,19-20,22-24,27-29,31H,4-7,10-16,18H2,1-3H3,(H,41,45)/t20?,22-,23+,24?,27+,28+,29-,31+/m0/s1. The van der Waals surface area contributed by atoms with Gasteiger partial charge in [0, 0.05) is 37.0 Å². The number of carbonyl (C=O) groups excluding carboxylic acids is 3. The number of aldehydes is 1. The number of alkyl halides is 2. The fourth-order valence-electron chi connectivity index (χ4n) is 8.86. The molecule has 4 heterocycles. The molecule has 3 aliphatic heterocycles. The zero-order chi connectivity index (χ0) is 34.5. The molecule has 1 aromatic carbocycles. The van der Waals surface area contributed by atoms with Crippen LogP contribution in [0.2, 0.25) is 0 Å². The highest BCUT2D eigenvalue weighted by Gasteiger charge is 2.55. The second-order valence-electron chi connectivity index (χ2n) is 14.9. The number of methoxy groups -OCH3 is 1. The fraction of sp³-hybridized carbons (Fsp3) is 0.694. The van der Waals surface area contributed by atoms with E-state index in [4.69, 9.17) is 18.9 Å². The molecule has 2 aliphatic carbocycles. The fourth-order valence-corrected chi connectivity index (χ4v) is 8.86. The molecule has 7 rings (SSSR count). The molecule has 13 heteroatoms. The molecule has 2 saturated carbocycles. The van der Waals surface area contributed by atoms with Crippen LogP contribution in [0.4, 0.5) is 13.6 Å². The van der Waals surface area contributed by atoms with Gasteiger partial charge in [-0.2, -0.15) is 8.78 Å². The summed E-state index contributed by atoms with van der Waals surface area (Å²) in [7, 11) is 1.50. The number of ether oxygens (including phenoxy) is 4. The Kier molecular flexibility index (Phi) is 9.16. The maximum absolute atomic E-state index is 16.2. The number of fused-ring (bicyclic) bond motifs is 7. The smallest absolute Gasteiger partial charge is 0.408 e. The third-order valence-electron chi connectivity index (χ3n) is 11.9. The molecule has 8 atom stereocenters. The first kappa shape index (κ1) is 33.9. The predicted octanol–water partition coefficient (Wildman–Crippen LogP) is 5.42. The Bertz CT molecular complexity index is 1590. The summed E-state index contributed by atoms with van der Waals surface area (Å²) < 4.78 is 55.8. The minimum absolute atomic E-state index is 0.0581. The molecule has 2 bridgehead atoms. The van der Waals surface area contributed by atoms with Gasteiger partial charge in [0.2, 0.25) is 11.8 Å². The number of hydrogen-bond acceptors (Lipinski definition) is 9. The Morgan fingerprint density at radius 2 is 1.84 bits per heavy atom. The highest BCUT2D eigenvalue weighted by atomic mass is 19.3. The van der Waals surface area contributed by atoms with E-state index in [1.807, 2.05) is 13.8 Å². The van der Waals surface area contributed by atoms with Crippen LogP contribution in [0.3, 0.4) is 0 Å². The van der Waals surface area contributed by atoms with Gasteiger partial charge < -0.3 is 34.0 Å². The van der Waals surface area contributed by atoms with Gasteiger partial charge in [-0.3, -0.25) is 4.79 Å². The highest BCUT2D eigenvalue weighted by molar-refractivity contribution is 5.89. The lowest BCUT2D eigenvalue weighted by Gasteiger charge is -2.42. The number of amides is 2. The lowest BCUT2D eigenvalue weighted by molar-refractivity contribution is -0.142. The van der Waals surface area contributed by atoms with E-state index >= 15 is 8.78 Å². The van der Waals surface area contributed by atoms with E-state index in [-0.39, 0.29) is 36.4 Å². The van der Waals surface area contributed by atoms with Gasteiger partial charge in [-0.15, -0.1) is 0 Å². The summed E-state index contributed by atoms with van der Waals surface area (Å²) in [5.41, 5.74) is -0.625. The largest absolute Gasteiger partial charge is 0.497 e. The number of rotatable bonds is 4. The van der Waals surface area contributed by atoms with Crippen molar-refractivity contribution in [2.75, 3.05) is 26.9 Å². The van der Waals surface area contributed by atoms with Gasteiger partial charge in [0.15, 0.2) is 5.69 Å². The first-order chi connectivity index (χ1) is 23.5. The maximum Gasteiger partial charge on any atom is 0.408 e. The van der Waals surface area contributed by atoms with Crippen LogP contribution in [-0.4, -0.2) is 84.3 Å². The minimum Gasteiger partial charge on any atom is -0.497 e. The molecule has 11 nitrogen and oxygen atoms in total. The van der Waals surface area contributed by atoms with E-state index in [1.54, 1.807) is 18.2 Å². The van der Waals surface area contributed by atoms with Gasteiger partial charge in [0.25, 0.3) is 5.92 Å². The molecular formula is C36H46F2N4O7. The molecule has 49 heavy (non-hydrogen) atoms. The summed E-state index contributed by atoms with van der Waals surface area (Å²) in [5, 5.41) is 2.94. The second-order valence-corrected chi connectivity index (χ2v) is 14.9. The summed E-state index contributed by atoms with van der Waals surface area (Å²) in [6.07, 6.45) is 3.10. The number of halogens is 2. The molecule has 2 amide bonds. The van der Waals surface area contributed by atoms with Crippen LogP contribution in [0.15, 0.2) is 18.2 Å².